The molecule has 0 aliphatic carbocycles. The van der Waals surface area contributed by atoms with Crippen LogP contribution in [0.15, 0.2) is 23.9 Å². The van der Waals surface area contributed by atoms with Crippen LogP contribution in [0, 0.1) is 5.21 Å². The molecule has 0 unspecified atom stereocenters. The van der Waals surface area contributed by atoms with Crippen molar-refractivity contribution in [2.75, 3.05) is 0 Å². The number of nitrogens with one attached hydrogen (secondary N) is 1. The third kappa shape index (κ3) is 1.63. The van der Waals surface area contributed by atoms with Crippen LogP contribution in [0.3, 0.4) is 0 Å². The van der Waals surface area contributed by atoms with Gasteiger partial charge in [-0.2, -0.15) is 4.76 Å². The van der Waals surface area contributed by atoms with Crippen LogP contribution in [0.25, 0.3) is 0 Å². The second kappa shape index (κ2) is 3.07. The second-order valence-corrected chi connectivity index (χ2v) is 2.35. The number of hydrogen-bond acceptors (Lipinski definition) is 5. The highest BCUT2D eigenvalue weighted by atomic mass is 16.6. The zero-order valence-electron chi connectivity index (χ0n) is 6.43. The molecule has 0 saturated heterocycles. The van der Waals surface area contributed by atoms with Gasteiger partial charge in [0.25, 0.3) is 0 Å². The minimum Gasteiger partial charge on any atom is -0.598 e. The molecule has 7 heteroatoms. The van der Waals surface area contributed by atoms with E-state index in [-0.39, 0.29) is 5.57 Å². The average Bonchev–Trinajstić information content (AvgIpc) is 2.09. The van der Waals surface area contributed by atoms with Gasteiger partial charge in [-0.15, -0.1) is 0 Å². The molecule has 0 aromatic rings. The topological polar surface area (TPSA) is 115 Å². The first kappa shape index (κ1) is 9.55. The summed E-state index contributed by atoms with van der Waals surface area (Å²) >= 11 is 0. The number of carboxylic acid groups (broad SMARTS) is 1. The molecule has 0 saturated carbocycles. The number of nitrogens with zero attached hydrogens (tertiary/aromatic N) is 1. The van der Waals surface area contributed by atoms with Crippen molar-refractivity contribution >= 4 is 11.9 Å². The van der Waals surface area contributed by atoms with Crippen LogP contribution >= 0.6 is 0 Å². The minimum atomic E-state index is -1.70. The van der Waals surface area contributed by atoms with Crippen molar-refractivity contribution in [3.8, 4) is 0 Å². The molecule has 1 heterocycles. The molecular weight excluding hydrogens is 178 g/mol. The quantitative estimate of drug-likeness (QED) is 0.214. The van der Waals surface area contributed by atoms with E-state index in [1.165, 1.54) is 0 Å². The van der Waals surface area contributed by atoms with Gasteiger partial charge in [0.05, 0.1) is 0 Å². The predicted octanol–water partition coefficient (Wildman–Crippen LogP) is -1.26. The zero-order valence-corrected chi connectivity index (χ0v) is 6.43. The fraction of sp³-hybridized carbons (Fsp3) is 0. The van der Waals surface area contributed by atoms with Crippen molar-refractivity contribution in [3.63, 3.8) is 0 Å². The van der Waals surface area contributed by atoms with Crippen LogP contribution in [-0.2, 0) is 9.59 Å². The fourth-order valence-electron chi connectivity index (χ4n) is 0.802. The third-order valence-electron chi connectivity index (χ3n) is 1.49. The maximum absolute atomic E-state index is 11.3. The molecule has 0 spiro atoms. The normalized spacial score (nSPS) is 27.2. The zero-order chi connectivity index (χ0) is 10.1. The Kier molecular flexibility index (Phi) is 2.26. The average molecular weight is 185 g/mol. The van der Waals surface area contributed by atoms with Crippen LogP contribution in [0.4, 0.5) is 0 Å². The molecule has 1 atom stereocenters. The van der Waals surface area contributed by atoms with Gasteiger partial charge in [0.1, 0.15) is 11.8 Å². The van der Waals surface area contributed by atoms with Crippen molar-refractivity contribution in [1.29, 1.82) is 0 Å². The maximum atomic E-state index is 11.3. The fourth-order valence-corrected chi connectivity index (χ4v) is 0.802. The lowest BCUT2D eigenvalue weighted by molar-refractivity contribution is -0.799. The van der Waals surface area contributed by atoms with Gasteiger partial charge < -0.3 is 10.3 Å². The highest BCUT2D eigenvalue weighted by Crippen LogP contribution is 2.13. The molecule has 1 rings (SSSR count). The van der Waals surface area contributed by atoms with Gasteiger partial charge in [-0.3, -0.25) is 0 Å². The summed E-state index contributed by atoms with van der Waals surface area (Å²) in [4.78, 5) is 21.3. The maximum Gasteiger partial charge on any atom is 0.363 e. The molecule has 1 amide bonds. The van der Waals surface area contributed by atoms with E-state index in [1.807, 2.05) is 0 Å². The smallest absolute Gasteiger partial charge is 0.363 e. The molecule has 1 aliphatic heterocycles. The Balaban J connectivity index is 3.07. The summed E-state index contributed by atoms with van der Waals surface area (Å²) in [6, 6.07) is 0. The number of hydroxylamine groups is 2. The van der Waals surface area contributed by atoms with Gasteiger partial charge in [0.15, 0.2) is 0 Å². The molecule has 7 nitrogen and oxygen atoms in total. The van der Waals surface area contributed by atoms with Gasteiger partial charge in [0, 0.05) is 6.08 Å². The predicted molar refractivity (Wildman–Crippen MR) is 40.8 cm³/mol. The Bertz CT molecular complexity index is 322. The van der Waals surface area contributed by atoms with Crippen molar-refractivity contribution in [2.45, 2.75) is 0 Å². The van der Waals surface area contributed by atoms with Gasteiger partial charge in [0.2, 0.25) is 0 Å². The van der Waals surface area contributed by atoms with Gasteiger partial charge >= 0.3 is 11.9 Å². The summed E-state index contributed by atoms with van der Waals surface area (Å²) in [5.41, 5.74) is 1.37. The van der Waals surface area contributed by atoms with E-state index < -0.39 is 16.6 Å². The molecule has 0 bridgehead atoms. The molecular formula is C6H7N3O4. The van der Waals surface area contributed by atoms with E-state index in [4.69, 9.17) is 10.9 Å². The Morgan fingerprint density at radius 3 is 2.69 bits per heavy atom. The number of hydrazine groups is 1. The molecule has 13 heavy (non-hydrogen) atoms. The second-order valence-electron chi connectivity index (χ2n) is 2.35. The Labute approximate surface area is 72.8 Å². The molecule has 0 fully saturated rings. The number of quaternary nitrogens is 1. The number of aliphatic carboxylic acids is 1. The van der Waals surface area contributed by atoms with Gasteiger partial charge in [-0.1, -0.05) is 5.53 Å². The van der Waals surface area contributed by atoms with Crippen LogP contribution in [0.1, 0.15) is 0 Å². The van der Waals surface area contributed by atoms with Crippen molar-refractivity contribution in [1.82, 2.24) is 5.53 Å². The highest BCUT2D eigenvalue weighted by Gasteiger charge is 2.28. The summed E-state index contributed by atoms with van der Waals surface area (Å²) in [6.45, 7) is 0. The van der Waals surface area contributed by atoms with E-state index in [2.05, 4.69) is 0 Å². The lowest BCUT2D eigenvalue weighted by atomic mass is 10.2. The van der Waals surface area contributed by atoms with E-state index >= 15 is 0 Å². The van der Waals surface area contributed by atoms with Crippen molar-refractivity contribution in [3.05, 3.63) is 29.1 Å². The lowest BCUT2D eigenvalue weighted by Gasteiger charge is -2.33. The minimum absolute atomic E-state index is 0.285. The Hall–Kier alpha value is -1.54. The first-order valence-electron chi connectivity index (χ1n) is 3.26. The van der Waals surface area contributed by atoms with E-state index in [0.717, 1.165) is 12.2 Å². The third-order valence-corrected chi connectivity index (χ3v) is 1.49. The number of amides is 1. The van der Waals surface area contributed by atoms with Gasteiger partial charge in [-0.05, 0) is 6.08 Å². The van der Waals surface area contributed by atoms with Crippen LogP contribution < -0.4 is 11.4 Å². The standard InChI is InChI=1S/C6H7N3O4/c7-8-9(13)3-4(6(11)12)1-2-5(9)10/h1-3,8H,7H2,(H,11,12)/t9-/m0/s1. The first-order chi connectivity index (χ1) is 5.99. The molecule has 0 aromatic carbocycles. The molecule has 0 radical (unpaired) electrons. The largest absolute Gasteiger partial charge is 0.598 e. The monoisotopic (exact) mass is 185 g/mol. The van der Waals surface area contributed by atoms with Crippen molar-refractivity contribution < 1.29 is 19.5 Å². The summed E-state index contributed by atoms with van der Waals surface area (Å²) in [5.74, 6) is 2.63. The van der Waals surface area contributed by atoms with E-state index in [0.29, 0.717) is 6.20 Å². The Morgan fingerprint density at radius 1 is 1.62 bits per heavy atom. The molecule has 0 aromatic heterocycles. The number of carbonyl (C=O) groups excluding carboxylic acids is 1. The van der Waals surface area contributed by atoms with Crippen LogP contribution in [0.2, 0.25) is 0 Å². The van der Waals surface area contributed by atoms with E-state index in [1.54, 1.807) is 5.53 Å². The van der Waals surface area contributed by atoms with Crippen molar-refractivity contribution in [2.24, 2.45) is 5.84 Å². The SMILES string of the molecule is NN[N@+]1([O-])C=C(C(=O)O)C=CC1=O. The molecule has 1 aliphatic rings. The Morgan fingerprint density at radius 2 is 2.23 bits per heavy atom. The summed E-state index contributed by atoms with van der Waals surface area (Å²) in [5, 5.41) is 19.8. The number of hydrogen-bond donors (Lipinski definition) is 3. The number of rotatable bonds is 2. The molecule has 70 valence electrons. The number of nitrogens with two attached hydrogens (primary N) is 1. The first-order valence-corrected chi connectivity index (χ1v) is 3.26. The molecule has 4 N–H and O–H groups in total. The number of carbonyl (C=O) groups is 2. The summed E-state index contributed by atoms with van der Waals surface area (Å²) < 4.78 is -1.70. The van der Waals surface area contributed by atoms with E-state index in [9.17, 15) is 14.8 Å². The highest BCUT2D eigenvalue weighted by molar-refractivity contribution is 5.94. The number of carboxylic acids is 1. The van der Waals surface area contributed by atoms with Gasteiger partial charge in [-0.25, -0.2) is 15.4 Å². The van der Waals surface area contributed by atoms with Crippen LogP contribution in [0.5, 0.6) is 0 Å². The van der Waals surface area contributed by atoms with Crippen LogP contribution in [-0.4, -0.2) is 21.7 Å². The lowest BCUT2D eigenvalue weighted by Crippen LogP contribution is -2.57. The summed E-state index contributed by atoms with van der Waals surface area (Å²) in [7, 11) is 0. The summed E-state index contributed by atoms with van der Waals surface area (Å²) in [6.07, 6.45) is 2.57.